The predicted octanol–water partition coefficient (Wildman–Crippen LogP) is 8.27. The second-order valence-electron chi connectivity index (χ2n) is 8.02. The summed E-state index contributed by atoms with van der Waals surface area (Å²) in [5.41, 5.74) is 1.58. The summed E-state index contributed by atoms with van der Waals surface area (Å²) in [5.74, 6) is 0.931. The van der Waals surface area contributed by atoms with E-state index >= 15 is 0 Å². The van der Waals surface area contributed by atoms with E-state index in [1.807, 2.05) is 11.3 Å². The SMILES string of the molecule is CCCCCCCCCCC(CCCCCCCC)Cc1ccsc1.[SnH2]. The van der Waals surface area contributed by atoms with Crippen molar-refractivity contribution in [3.63, 3.8) is 0 Å². The molecule has 1 heterocycles. The Hall–Kier alpha value is 0.499. The normalized spacial score (nSPS) is 12.1. The molecule has 0 nitrogen and oxygen atoms in total. The van der Waals surface area contributed by atoms with E-state index in [9.17, 15) is 0 Å². The van der Waals surface area contributed by atoms with Crippen LogP contribution in [0.5, 0.6) is 0 Å². The van der Waals surface area contributed by atoms with Gasteiger partial charge in [-0.25, -0.2) is 0 Å². The second-order valence-corrected chi connectivity index (χ2v) is 8.80. The quantitative estimate of drug-likeness (QED) is 0.145. The van der Waals surface area contributed by atoms with E-state index in [1.165, 1.54) is 109 Å². The molecular weight excluding hydrogens is 439 g/mol. The molecule has 0 aliphatic carbocycles. The molecule has 0 bridgehead atoms. The van der Waals surface area contributed by atoms with Crippen molar-refractivity contribution in [2.75, 3.05) is 0 Å². The summed E-state index contributed by atoms with van der Waals surface area (Å²) in [5, 5.41) is 4.61. The minimum absolute atomic E-state index is 0. The molecule has 2 radical (unpaired) electrons. The van der Waals surface area contributed by atoms with Crippen molar-refractivity contribution in [2.24, 2.45) is 5.92 Å². The van der Waals surface area contributed by atoms with Gasteiger partial charge < -0.3 is 0 Å². The molecular formula is C24H46SSn. The third-order valence-electron chi connectivity index (χ3n) is 5.54. The topological polar surface area (TPSA) is 0 Å². The van der Waals surface area contributed by atoms with Gasteiger partial charge in [0.05, 0.1) is 0 Å². The van der Waals surface area contributed by atoms with E-state index < -0.39 is 0 Å². The van der Waals surface area contributed by atoms with Gasteiger partial charge in [0.15, 0.2) is 0 Å². The van der Waals surface area contributed by atoms with Crippen LogP contribution in [0.1, 0.15) is 122 Å². The first-order chi connectivity index (χ1) is 12.4. The first-order valence-corrected chi connectivity index (χ1v) is 12.3. The average Bonchev–Trinajstić information content (AvgIpc) is 3.13. The number of unbranched alkanes of at least 4 members (excludes halogenated alkanes) is 12. The molecule has 0 aliphatic heterocycles. The van der Waals surface area contributed by atoms with Crippen molar-refractivity contribution >= 4 is 35.2 Å². The van der Waals surface area contributed by atoms with Gasteiger partial charge in [0.1, 0.15) is 0 Å². The van der Waals surface area contributed by atoms with Crippen LogP contribution in [0.4, 0.5) is 0 Å². The minimum atomic E-state index is 0. The maximum atomic E-state index is 2.36. The first-order valence-electron chi connectivity index (χ1n) is 11.4. The predicted molar refractivity (Wildman–Crippen MR) is 125 cm³/mol. The van der Waals surface area contributed by atoms with Crippen molar-refractivity contribution < 1.29 is 0 Å². The van der Waals surface area contributed by atoms with Crippen LogP contribution in [0.2, 0.25) is 0 Å². The Balaban J connectivity index is 0.00000625. The van der Waals surface area contributed by atoms with Crippen LogP contribution in [0.25, 0.3) is 0 Å². The van der Waals surface area contributed by atoms with Gasteiger partial charge in [-0.3, -0.25) is 0 Å². The van der Waals surface area contributed by atoms with Crippen molar-refractivity contribution in [1.29, 1.82) is 0 Å². The molecule has 1 unspecified atom stereocenters. The van der Waals surface area contributed by atoms with E-state index in [-0.39, 0.29) is 23.9 Å². The third-order valence-corrected chi connectivity index (χ3v) is 6.27. The molecule has 0 aliphatic rings. The summed E-state index contributed by atoms with van der Waals surface area (Å²) in [6.45, 7) is 4.61. The number of thiophene rings is 1. The maximum absolute atomic E-state index is 2.36. The summed E-state index contributed by atoms with van der Waals surface area (Å²) in [7, 11) is 0. The zero-order valence-corrected chi connectivity index (χ0v) is 22.8. The fraction of sp³-hybridized carbons (Fsp3) is 0.833. The van der Waals surface area contributed by atoms with Gasteiger partial charge >= 0.3 is 23.9 Å². The Kier molecular flexibility index (Phi) is 20.6. The standard InChI is InChI=1S/C24H44S.Sn.2H/c1-3-5-7-9-11-12-14-16-18-23(21-24-19-20-25-22-24)17-15-13-10-8-6-4-2;;;/h19-20,22-23H,3-18,21H2,1-2H3;;;. The van der Waals surface area contributed by atoms with Crippen LogP contribution >= 0.6 is 11.3 Å². The van der Waals surface area contributed by atoms with Gasteiger partial charge in [0, 0.05) is 0 Å². The summed E-state index contributed by atoms with van der Waals surface area (Å²) in [6.07, 6.45) is 24.4. The second kappa shape index (κ2) is 20.2. The monoisotopic (exact) mass is 486 g/mol. The fourth-order valence-electron chi connectivity index (χ4n) is 3.87. The Morgan fingerprint density at radius 1 is 0.692 bits per heavy atom. The van der Waals surface area contributed by atoms with E-state index in [1.54, 1.807) is 5.56 Å². The zero-order chi connectivity index (χ0) is 18.0. The average molecular weight is 485 g/mol. The molecule has 0 aromatic carbocycles. The van der Waals surface area contributed by atoms with Crippen molar-refractivity contribution in [3.05, 3.63) is 22.4 Å². The van der Waals surface area contributed by atoms with E-state index in [2.05, 4.69) is 30.7 Å². The molecule has 0 saturated carbocycles. The molecule has 2 heteroatoms. The number of hydrogen-bond acceptors (Lipinski definition) is 1. The van der Waals surface area contributed by atoms with Gasteiger partial charge in [-0.2, -0.15) is 11.3 Å². The van der Waals surface area contributed by atoms with Crippen LogP contribution in [0, 0.1) is 5.92 Å². The first kappa shape index (κ1) is 26.5. The van der Waals surface area contributed by atoms with Gasteiger partial charge in [0.2, 0.25) is 0 Å². The van der Waals surface area contributed by atoms with E-state index in [0.29, 0.717) is 0 Å². The van der Waals surface area contributed by atoms with Gasteiger partial charge in [0.25, 0.3) is 0 Å². The van der Waals surface area contributed by atoms with Crippen LogP contribution in [0.15, 0.2) is 16.8 Å². The van der Waals surface area contributed by atoms with Crippen molar-refractivity contribution in [1.82, 2.24) is 0 Å². The summed E-state index contributed by atoms with van der Waals surface area (Å²) >= 11 is 1.86. The van der Waals surface area contributed by atoms with Gasteiger partial charge in [-0.1, -0.05) is 117 Å². The molecule has 1 aromatic heterocycles. The Labute approximate surface area is 185 Å². The Bertz CT molecular complexity index is 360. The number of rotatable bonds is 18. The van der Waals surface area contributed by atoms with Crippen LogP contribution in [-0.2, 0) is 6.42 Å². The van der Waals surface area contributed by atoms with Gasteiger partial charge in [-0.05, 0) is 34.7 Å². The molecule has 0 saturated heterocycles. The molecule has 1 rings (SSSR count). The molecule has 0 spiro atoms. The molecule has 1 aromatic rings. The fourth-order valence-corrected chi connectivity index (χ4v) is 4.55. The van der Waals surface area contributed by atoms with Crippen LogP contribution < -0.4 is 0 Å². The molecule has 0 N–H and O–H groups in total. The zero-order valence-electron chi connectivity index (χ0n) is 17.9. The molecule has 0 amide bonds. The van der Waals surface area contributed by atoms with Crippen molar-refractivity contribution in [2.45, 2.75) is 123 Å². The third kappa shape index (κ3) is 15.5. The summed E-state index contributed by atoms with van der Waals surface area (Å²) in [6, 6.07) is 2.34. The van der Waals surface area contributed by atoms with E-state index in [4.69, 9.17) is 0 Å². The summed E-state index contributed by atoms with van der Waals surface area (Å²) < 4.78 is 0. The Morgan fingerprint density at radius 2 is 1.15 bits per heavy atom. The molecule has 152 valence electrons. The van der Waals surface area contributed by atoms with E-state index in [0.717, 1.165) is 5.92 Å². The number of hydrogen-bond donors (Lipinski definition) is 0. The van der Waals surface area contributed by atoms with Gasteiger partial charge in [-0.15, -0.1) is 0 Å². The summed E-state index contributed by atoms with van der Waals surface area (Å²) in [4.78, 5) is 0. The van der Waals surface area contributed by atoms with Crippen LogP contribution in [-0.4, -0.2) is 23.9 Å². The van der Waals surface area contributed by atoms with Crippen molar-refractivity contribution in [3.8, 4) is 0 Å². The van der Waals surface area contributed by atoms with Crippen LogP contribution in [0.3, 0.4) is 0 Å². The Morgan fingerprint density at radius 3 is 1.58 bits per heavy atom. The molecule has 26 heavy (non-hydrogen) atoms. The molecule has 0 fully saturated rings. The molecule has 1 atom stereocenters.